The van der Waals surface area contributed by atoms with Crippen LogP contribution in [0, 0.1) is 0 Å². The molecule has 5 nitrogen and oxygen atoms in total. The third kappa shape index (κ3) is 3.44. The molecule has 0 radical (unpaired) electrons. The van der Waals surface area contributed by atoms with Gasteiger partial charge in [-0.1, -0.05) is 17.1 Å². The van der Waals surface area contributed by atoms with Gasteiger partial charge in [0.25, 0.3) is 0 Å². The van der Waals surface area contributed by atoms with Gasteiger partial charge in [-0.25, -0.2) is 9.40 Å². The Kier molecular flexibility index (Phi) is 4.39. The van der Waals surface area contributed by atoms with Gasteiger partial charge in [0.15, 0.2) is 11.0 Å². The van der Waals surface area contributed by atoms with E-state index >= 15 is 0 Å². The number of hydrogen-bond acceptors (Lipinski definition) is 4. The van der Waals surface area contributed by atoms with Crippen LogP contribution in [0.15, 0.2) is 42.6 Å². The molecule has 4 rings (SSSR count). The number of rotatable bonds is 4. The fraction of sp³-hybridized carbons (Fsp3) is 0.294. The topological polar surface area (TPSA) is 43.0 Å². The molecule has 0 amide bonds. The smallest absolute Gasteiger partial charge is 0.427 e. The molecule has 3 aromatic rings. The second-order valence-electron chi connectivity index (χ2n) is 5.91. The lowest BCUT2D eigenvalue weighted by molar-refractivity contribution is -0.611. The van der Waals surface area contributed by atoms with Gasteiger partial charge in [0, 0.05) is 18.6 Å². The van der Waals surface area contributed by atoms with Gasteiger partial charge in [-0.2, -0.15) is 13.2 Å². The van der Waals surface area contributed by atoms with E-state index in [4.69, 9.17) is 4.74 Å². The van der Waals surface area contributed by atoms with Crippen LogP contribution in [0.25, 0.3) is 17.0 Å². The highest BCUT2D eigenvalue weighted by molar-refractivity contribution is 7.99. The first-order valence-corrected chi connectivity index (χ1v) is 9.10. The van der Waals surface area contributed by atoms with Crippen molar-refractivity contribution in [1.29, 1.82) is 0 Å². The lowest BCUT2D eigenvalue weighted by Gasteiger charge is -2.09. The largest absolute Gasteiger partial charge is 0.493 e. The molecule has 2 aromatic heterocycles. The highest BCUT2D eigenvalue weighted by Crippen LogP contribution is 2.24. The van der Waals surface area contributed by atoms with E-state index in [9.17, 15) is 13.2 Å². The summed E-state index contributed by atoms with van der Waals surface area (Å²) < 4.78 is 46.0. The summed E-state index contributed by atoms with van der Waals surface area (Å²) in [7, 11) is 0. The van der Waals surface area contributed by atoms with Crippen molar-refractivity contribution >= 4 is 23.0 Å². The summed E-state index contributed by atoms with van der Waals surface area (Å²) in [6.07, 6.45) is -3.20. The molecule has 0 saturated heterocycles. The van der Waals surface area contributed by atoms with Crippen molar-refractivity contribution in [3.8, 4) is 11.7 Å². The van der Waals surface area contributed by atoms with E-state index < -0.39 is 12.6 Å². The number of alkyl halides is 3. The number of benzene rings is 1. The SMILES string of the molecule is FC(F)(F)CCCOc1cc[n+]2c(c1)CSNn1c-2nc2ccccc21. The van der Waals surface area contributed by atoms with Crippen LogP contribution in [0.2, 0.25) is 0 Å². The van der Waals surface area contributed by atoms with Crippen LogP contribution in [-0.2, 0) is 5.75 Å². The van der Waals surface area contributed by atoms with Crippen molar-refractivity contribution in [2.45, 2.75) is 24.8 Å². The van der Waals surface area contributed by atoms with Crippen LogP contribution in [0.5, 0.6) is 5.75 Å². The standard InChI is InChI=1S/C17H16F3N4OS/c18-17(19,20)7-3-9-25-13-6-8-23-12(10-13)11-26-22-24-15-5-2-1-4-14(15)21-16(23)24/h1-2,4-6,8,10,22H,3,7,9,11H2/q+1. The monoisotopic (exact) mass is 381 g/mol. The predicted octanol–water partition coefficient (Wildman–Crippen LogP) is 3.74. The highest BCUT2D eigenvalue weighted by atomic mass is 32.2. The van der Waals surface area contributed by atoms with Crippen LogP contribution in [-0.4, -0.2) is 22.4 Å². The Morgan fingerprint density at radius 2 is 2.12 bits per heavy atom. The van der Waals surface area contributed by atoms with Crippen LogP contribution < -0.4 is 14.1 Å². The molecule has 0 bridgehead atoms. The minimum atomic E-state index is -4.14. The lowest BCUT2D eigenvalue weighted by Crippen LogP contribution is -2.37. The quantitative estimate of drug-likeness (QED) is 0.425. The van der Waals surface area contributed by atoms with Gasteiger partial charge in [0.05, 0.1) is 24.3 Å². The van der Waals surface area contributed by atoms with Gasteiger partial charge in [0.1, 0.15) is 5.75 Å². The van der Waals surface area contributed by atoms with Crippen molar-refractivity contribution in [2.75, 3.05) is 11.4 Å². The maximum atomic E-state index is 12.2. The van der Waals surface area contributed by atoms with Crippen molar-refractivity contribution in [1.82, 2.24) is 9.66 Å². The number of aromatic nitrogens is 3. The van der Waals surface area contributed by atoms with E-state index in [2.05, 4.69) is 9.82 Å². The molecule has 0 unspecified atom stereocenters. The van der Waals surface area contributed by atoms with Gasteiger partial charge in [-0.15, -0.1) is 4.68 Å². The number of fused-ring (bicyclic) bond motifs is 5. The first-order valence-electron chi connectivity index (χ1n) is 8.11. The maximum absolute atomic E-state index is 12.2. The van der Waals surface area contributed by atoms with Gasteiger partial charge in [-0.3, -0.25) is 0 Å². The second-order valence-corrected chi connectivity index (χ2v) is 6.67. The van der Waals surface area contributed by atoms with E-state index in [-0.39, 0.29) is 13.0 Å². The Balaban J connectivity index is 1.57. The fourth-order valence-electron chi connectivity index (χ4n) is 2.82. The van der Waals surface area contributed by atoms with Gasteiger partial charge in [-0.05, 0) is 30.5 Å². The fourth-order valence-corrected chi connectivity index (χ4v) is 3.56. The number of nitrogens with one attached hydrogen (secondary N) is 1. The summed E-state index contributed by atoms with van der Waals surface area (Å²) >= 11 is 1.51. The van der Waals surface area contributed by atoms with E-state index in [1.807, 2.05) is 45.8 Å². The van der Waals surface area contributed by atoms with E-state index in [0.29, 0.717) is 11.5 Å². The van der Waals surface area contributed by atoms with Gasteiger partial charge >= 0.3 is 12.1 Å². The molecule has 0 aliphatic carbocycles. The number of ether oxygens (including phenoxy) is 1. The summed E-state index contributed by atoms with van der Waals surface area (Å²) in [4.78, 5) is 7.94. The second kappa shape index (κ2) is 6.71. The lowest BCUT2D eigenvalue weighted by atomic mass is 10.3. The summed E-state index contributed by atoms with van der Waals surface area (Å²) in [5, 5.41) is 0. The van der Waals surface area contributed by atoms with Crippen molar-refractivity contribution in [3.63, 3.8) is 0 Å². The third-order valence-corrected chi connectivity index (χ3v) is 4.77. The normalized spacial score (nSPS) is 13.7. The van der Waals surface area contributed by atoms with E-state index in [1.54, 1.807) is 6.07 Å². The zero-order chi connectivity index (χ0) is 18.1. The molecule has 0 atom stereocenters. The predicted molar refractivity (Wildman–Crippen MR) is 92.7 cm³/mol. The number of para-hydroxylation sites is 2. The Morgan fingerprint density at radius 3 is 2.96 bits per heavy atom. The third-order valence-electron chi connectivity index (χ3n) is 4.01. The van der Waals surface area contributed by atoms with Crippen molar-refractivity contribution < 1.29 is 22.5 Å². The summed E-state index contributed by atoms with van der Waals surface area (Å²) in [6, 6.07) is 11.4. The first kappa shape index (κ1) is 17.0. The Labute approximate surface area is 151 Å². The molecule has 0 spiro atoms. The average molecular weight is 381 g/mol. The van der Waals surface area contributed by atoms with Crippen molar-refractivity contribution in [3.05, 3.63) is 48.3 Å². The van der Waals surface area contributed by atoms with Crippen LogP contribution in [0.1, 0.15) is 18.5 Å². The Hall–Kier alpha value is -2.42. The van der Waals surface area contributed by atoms with Crippen molar-refractivity contribution in [2.24, 2.45) is 0 Å². The maximum Gasteiger partial charge on any atom is 0.427 e. The summed E-state index contributed by atoms with van der Waals surface area (Å²) in [5.41, 5.74) is 2.80. The van der Waals surface area contributed by atoms with E-state index in [0.717, 1.165) is 22.7 Å². The molecule has 1 aromatic carbocycles. The van der Waals surface area contributed by atoms with Crippen LogP contribution >= 0.6 is 11.9 Å². The molecular weight excluding hydrogens is 365 g/mol. The molecule has 1 N–H and O–H groups in total. The molecule has 26 heavy (non-hydrogen) atoms. The van der Waals surface area contributed by atoms with Crippen LogP contribution in [0.4, 0.5) is 13.2 Å². The molecule has 9 heteroatoms. The molecule has 0 fully saturated rings. The Morgan fingerprint density at radius 1 is 1.27 bits per heavy atom. The van der Waals surface area contributed by atoms with Gasteiger partial charge < -0.3 is 4.74 Å². The molecule has 1 aliphatic rings. The summed E-state index contributed by atoms with van der Waals surface area (Å²) in [6.45, 7) is 0.0346. The highest BCUT2D eigenvalue weighted by Gasteiger charge is 2.27. The number of nitrogens with zero attached hydrogens (tertiary/aromatic N) is 3. The zero-order valence-corrected chi connectivity index (χ0v) is 14.5. The number of hydrogen-bond donors (Lipinski definition) is 1. The minimum absolute atomic E-state index is 0.0346. The molecular formula is C17H16F3N4OS+. The number of imidazole rings is 1. The Bertz CT molecular complexity index is 941. The average Bonchev–Trinajstić information content (AvgIpc) is 2.87. The zero-order valence-electron chi connectivity index (χ0n) is 13.7. The van der Waals surface area contributed by atoms with E-state index in [1.165, 1.54) is 11.9 Å². The molecule has 3 heterocycles. The number of pyridine rings is 1. The molecule has 1 aliphatic heterocycles. The molecule has 0 saturated carbocycles. The first-order chi connectivity index (χ1) is 12.5. The molecule has 136 valence electrons. The van der Waals surface area contributed by atoms with Gasteiger partial charge in [0.2, 0.25) is 0 Å². The minimum Gasteiger partial charge on any atom is -0.493 e. The number of halogens is 3. The van der Waals surface area contributed by atoms with Crippen LogP contribution in [0.3, 0.4) is 0 Å². The summed E-state index contributed by atoms with van der Waals surface area (Å²) in [5.74, 6) is 1.95.